The molecule has 1 saturated heterocycles. The molecule has 2 aliphatic rings. The van der Waals surface area contributed by atoms with E-state index >= 15 is 0 Å². The molecule has 1 amide bonds. The van der Waals surface area contributed by atoms with Gasteiger partial charge in [0.05, 0.1) is 23.4 Å². The summed E-state index contributed by atoms with van der Waals surface area (Å²) in [6.45, 7) is 0.411. The van der Waals surface area contributed by atoms with Gasteiger partial charge in [0.15, 0.2) is 0 Å². The van der Waals surface area contributed by atoms with Crippen molar-refractivity contribution in [1.29, 1.82) is 5.26 Å². The Labute approximate surface area is 151 Å². The molecule has 0 spiro atoms. The molecular formula is C19H20FN5O. The van der Waals surface area contributed by atoms with Crippen molar-refractivity contribution in [3.05, 3.63) is 53.1 Å². The number of carbonyl (C=O) groups excluding carboxylic acids is 1. The number of carbonyl (C=O) groups is 1. The summed E-state index contributed by atoms with van der Waals surface area (Å²) in [6, 6.07) is 8.37. The van der Waals surface area contributed by atoms with E-state index in [0.717, 1.165) is 24.1 Å². The maximum Gasteiger partial charge on any atom is 0.225 e. The third kappa shape index (κ3) is 2.97. The zero-order valence-electron chi connectivity index (χ0n) is 14.5. The monoisotopic (exact) mass is 353 g/mol. The smallest absolute Gasteiger partial charge is 0.225 e. The minimum atomic E-state index is -0.422. The molecule has 4 rings (SSSR count). The maximum atomic E-state index is 13.3. The van der Waals surface area contributed by atoms with Crippen LogP contribution in [0, 0.1) is 17.1 Å². The van der Waals surface area contributed by atoms with Crippen LogP contribution in [0.1, 0.15) is 42.1 Å². The summed E-state index contributed by atoms with van der Waals surface area (Å²) < 4.78 is 15.1. The Morgan fingerprint density at radius 3 is 2.85 bits per heavy atom. The fraction of sp³-hybridized carbons (Fsp3) is 0.421. The van der Waals surface area contributed by atoms with Gasteiger partial charge in [0.25, 0.3) is 0 Å². The van der Waals surface area contributed by atoms with Gasteiger partial charge in [-0.15, -0.1) is 0 Å². The number of aryl methyl sites for hydroxylation is 1. The highest BCUT2D eigenvalue weighted by atomic mass is 19.1. The summed E-state index contributed by atoms with van der Waals surface area (Å²) in [6.07, 6.45) is 4.25. The van der Waals surface area contributed by atoms with E-state index in [1.165, 1.54) is 12.1 Å². The van der Waals surface area contributed by atoms with Crippen LogP contribution in [-0.4, -0.2) is 32.7 Å². The molecule has 0 radical (unpaired) electrons. The van der Waals surface area contributed by atoms with Crippen molar-refractivity contribution in [2.75, 3.05) is 0 Å². The van der Waals surface area contributed by atoms with Crippen molar-refractivity contribution in [3.8, 4) is 6.07 Å². The number of likely N-dealkylation sites (tertiary alicyclic amines) is 1. The molecule has 134 valence electrons. The molecule has 2 fully saturated rings. The second-order valence-corrected chi connectivity index (χ2v) is 6.96. The summed E-state index contributed by atoms with van der Waals surface area (Å²) in [5.74, 6) is -0.273. The third-order valence-corrected chi connectivity index (χ3v) is 5.21. The van der Waals surface area contributed by atoms with Crippen LogP contribution in [0.2, 0.25) is 0 Å². The number of hydrogen-bond donors (Lipinski definition) is 1. The van der Waals surface area contributed by atoms with Crippen molar-refractivity contribution in [3.63, 3.8) is 0 Å². The van der Waals surface area contributed by atoms with Gasteiger partial charge in [-0.05, 0) is 36.6 Å². The molecule has 2 heterocycles. The van der Waals surface area contributed by atoms with Gasteiger partial charge in [-0.3, -0.25) is 9.48 Å². The standard InChI is InChI=1S/C19H20FN5O/c1-24-17(6-7-23-24)19-16(9-18(26)25(19)15-4-5-15)22-11-12-2-3-14(20)8-13(12)10-21/h2-3,6-8,15-16,19,22H,4-5,9,11H2,1H3/t16-,19-/m1/s1. The summed E-state index contributed by atoms with van der Waals surface area (Å²) in [4.78, 5) is 14.6. The molecule has 0 unspecified atom stereocenters. The second-order valence-electron chi connectivity index (χ2n) is 6.96. The molecule has 1 aromatic carbocycles. The van der Waals surface area contributed by atoms with Crippen LogP contribution in [0.3, 0.4) is 0 Å². The van der Waals surface area contributed by atoms with E-state index in [0.29, 0.717) is 24.6 Å². The fourth-order valence-electron chi connectivity index (χ4n) is 3.79. The number of halogens is 1. The van der Waals surface area contributed by atoms with Crippen LogP contribution in [0.25, 0.3) is 0 Å². The van der Waals surface area contributed by atoms with Crippen LogP contribution in [0.4, 0.5) is 4.39 Å². The lowest BCUT2D eigenvalue weighted by molar-refractivity contribution is -0.129. The van der Waals surface area contributed by atoms with Gasteiger partial charge in [-0.1, -0.05) is 6.07 Å². The van der Waals surface area contributed by atoms with Crippen LogP contribution in [0.5, 0.6) is 0 Å². The third-order valence-electron chi connectivity index (χ3n) is 5.21. The lowest BCUT2D eigenvalue weighted by Gasteiger charge is -2.29. The van der Waals surface area contributed by atoms with Crippen molar-refractivity contribution in [1.82, 2.24) is 20.0 Å². The first kappa shape index (κ1) is 16.7. The van der Waals surface area contributed by atoms with Crippen molar-refractivity contribution in [2.24, 2.45) is 7.05 Å². The summed E-state index contributed by atoms with van der Waals surface area (Å²) >= 11 is 0. The Bertz CT molecular complexity index is 882. The number of aromatic nitrogens is 2. The number of hydrogen-bond acceptors (Lipinski definition) is 4. The Kier molecular flexibility index (Phi) is 4.21. The topological polar surface area (TPSA) is 74.0 Å². The molecular weight excluding hydrogens is 333 g/mol. The summed E-state index contributed by atoms with van der Waals surface area (Å²) in [7, 11) is 1.88. The second kappa shape index (κ2) is 6.54. The first-order valence-electron chi connectivity index (χ1n) is 8.79. The van der Waals surface area contributed by atoms with E-state index in [9.17, 15) is 14.4 Å². The Morgan fingerprint density at radius 1 is 1.38 bits per heavy atom. The normalized spacial score (nSPS) is 22.7. The minimum Gasteiger partial charge on any atom is -0.329 e. The van der Waals surface area contributed by atoms with Crippen molar-refractivity contribution >= 4 is 5.91 Å². The summed E-state index contributed by atoms with van der Waals surface area (Å²) in [5, 5.41) is 16.9. The molecule has 2 aromatic rings. The minimum absolute atomic E-state index is 0.0740. The largest absolute Gasteiger partial charge is 0.329 e. The van der Waals surface area contributed by atoms with Gasteiger partial charge in [0, 0.05) is 38.3 Å². The lowest BCUT2D eigenvalue weighted by Crippen LogP contribution is -2.38. The average molecular weight is 353 g/mol. The number of rotatable bonds is 5. The highest BCUT2D eigenvalue weighted by Gasteiger charge is 2.48. The Hall–Kier alpha value is -2.72. The molecule has 1 aromatic heterocycles. The lowest BCUT2D eigenvalue weighted by atomic mass is 10.0. The number of nitriles is 1. The summed E-state index contributed by atoms with van der Waals surface area (Å²) in [5.41, 5.74) is 2.05. The Balaban J connectivity index is 1.58. The molecule has 1 aliphatic carbocycles. The zero-order chi connectivity index (χ0) is 18.3. The van der Waals surface area contributed by atoms with Gasteiger partial charge in [0.1, 0.15) is 5.82 Å². The van der Waals surface area contributed by atoms with Gasteiger partial charge >= 0.3 is 0 Å². The van der Waals surface area contributed by atoms with E-state index in [1.54, 1.807) is 12.3 Å². The molecule has 1 N–H and O–H groups in total. The van der Waals surface area contributed by atoms with Crippen LogP contribution in [0.15, 0.2) is 30.5 Å². The van der Waals surface area contributed by atoms with Crippen LogP contribution < -0.4 is 5.32 Å². The number of benzene rings is 1. The van der Waals surface area contributed by atoms with Crippen molar-refractivity contribution < 1.29 is 9.18 Å². The highest BCUT2D eigenvalue weighted by molar-refractivity contribution is 5.81. The molecule has 1 saturated carbocycles. The molecule has 1 aliphatic heterocycles. The van der Waals surface area contributed by atoms with Gasteiger partial charge in [-0.2, -0.15) is 10.4 Å². The zero-order valence-corrected chi connectivity index (χ0v) is 14.5. The first-order valence-corrected chi connectivity index (χ1v) is 8.79. The SMILES string of the molecule is Cn1nccc1[C@H]1[C@H](NCc2ccc(F)cc2C#N)CC(=O)N1C1CC1. The van der Waals surface area contributed by atoms with Gasteiger partial charge in [-0.25, -0.2) is 4.39 Å². The number of nitrogens with one attached hydrogen (secondary N) is 1. The van der Waals surface area contributed by atoms with E-state index in [-0.39, 0.29) is 18.0 Å². The molecule has 7 heteroatoms. The average Bonchev–Trinajstić information content (AvgIpc) is 3.29. The predicted octanol–water partition coefficient (Wildman–Crippen LogP) is 2.03. The predicted molar refractivity (Wildman–Crippen MR) is 92.2 cm³/mol. The molecule has 26 heavy (non-hydrogen) atoms. The van der Waals surface area contributed by atoms with Crippen LogP contribution >= 0.6 is 0 Å². The van der Waals surface area contributed by atoms with Crippen LogP contribution in [-0.2, 0) is 18.4 Å². The first-order chi connectivity index (χ1) is 12.6. The van der Waals surface area contributed by atoms with Crippen molar-refractivity contribution in [2.45, 2.75) is 43.9 Å². The fourth-order valence-corrected chi connectivity index (χ4v) is 3.79. The highest BCUT2D eigenvalue weighted by Crippen LogP contribution is 2.41. The van der Waals surface area contributed by atoms with Gasteiger partial charge < -0.3 is 10.2 Å². The molecule has 6 nitrogen and oxygen atoms in total. The van der Waals surface area contributed by atoms with E-state index in [4.69, 9.17) is 0 Å². The molecule has 2 atom stereocenters. The van der Waals surface area contributed by atoms with E-state index < -0.39 is 5.82 Å². The van der Waals surface area contributed by atoms with E-state index in [2.05, 4.69) is 10.4 Å². The van der Waals surface area contributed by atoms with E-state index in [1.807, 2.05) is 28.8 Å². The number of nitrogens with zero attached hydrogens (tertiary/aromatic N) is 4. The molecule has 0 bridgehead atoms. The number of amides is 1. The maximum absolute atomic E-state index is 13.3. The Morgan fingerprint density at radius 2 is 2.19 bits per heavy atom. The quantitative estimate of drug-likeness (QED) is 0.893. The van der Waals surface area contributed by atoms with Gasteiger partial charge in [0.2, 0.25) is 5.91 Å².